The van der Waals surface area contributed by atoms with Gasteiger partial charge >= 0.3 is 0 Å². The van der Waals surface area contributed by atoms with Crippen LogP contribution >= 0.6 is 15.9 Å². The summed E-state index contributed by atoms with van der Waals surface area (Å²) in [6, 6.07) is 12.6. The second-order valence-corrected chi connectivity index (χ2v) is 5.63. The highest BCUT2D eigenvalue weighted by Crippen LogP contribution is 2.27. The minimum atomic E-state index is -0.319. The van der Waals surface area contributed by atoms with Gasteiger partial charge in [-0.15, -0.1) is 0 Å². The van der Waals surface area contributed by atoms with E-state index >= 15 is 0 Å². The van der Waals surface area contributed by atoms with Gasteiger partial charge in [0.1, 0.15) is 0 Å². The van der Waals surface area contributed by atoms with E-state index in [9.17, 15) is 4.79 Å². The first kappa shape index (κ1) is 17.0. The van der Waals surface area contributed by atoms with Crippen LogP contribution < -0.4 is 14.9 Å². The summed E-state index contributed by atoms with van der Waals surface area (Å²) >= 11 is 3.41. The van der Waals surface area contributed by atoms with Crippen LogP contribution in [0.25, 0.3) is 0 Å². The molecular weight excluding hydrogens is 360 g/mol. The lowest BCUT2D eigenvalue weighted by molar-refractivity contribution is 0.0954. The largest absolute Gasteiger partial charge is 0.493 e. The zero-order chi connectivity index (χ0) is 16.8. The molecule has 0 atom stereocenters. The lowest BCUT2D eigenvalue weighted by Crippen LogP contribution is -2.19. The molecule has 1 N–H and O–H groups in total. The van der Waals surface area contributed by atoms with Gasteiger partial charge in [-0.05, 0) is 42.8 Å². The molecule has 6 heteroatoms. The number of hydrogen-bond donors (Lipinski definition) is 1. The van der Waals surface area contributed by atoms with Gasteiger partial charge in [-0.25, -0.2) is 5.43 Å². The Morgan fingerprint density at radius 2 is 1.78 bits per heavy atom. The van der Waals surface area contributed by atoms with Gasteiger partial charge < -0.3 is 9.47 Å². The number of benzene rings is 2. The molecule has 120 valence electrons. The zero-order valence-corrected chi connectivity index (χ0v) is 14.7. The number of halogens is 1. The summed E-state index contributed by atoms with van der Waals surface area (Å²) in [7, 11) is 3.07. The maximum absolute atomic E-state index is 12.2. The van der Waals surface area contributed by atoms with Gasteiger partial charge in [0.15, 0.2) is 11.5 Å². The lowest BCUT2D eigenvalue weighted by atomic mass is 10.1. The van der Waals surface area contributed by atoms with Gasteiger partial charge in [-0.1, -0.05) is 28.1 Å². The molecule has 0 heterocycles. The van der Waals surface area contributed by atoms with Crippen molar-refractivity contribution in [1.29, 1.82) is 0 Å². The first-order valence-electron chi connectivity index (χ1n) is 6.87. The van der Waals surface area contributed by atoms with Crippen LogP contribution in [0.1, 0.15) is 22.8 Å². The summed E-state index contributed by atoms with van der Waals surface area (Å²) in [5.41, 5.74) is 4.61. The van der Waals surface area contributed by atoms with Gasteiger partial charge in [0.25, 0.3) is 5.91 Å². The average molecular weight is 377 g/mol. The molecule has 0 saturated carbocycles. The van der Waals surface area contributed by atoms with Crippen LogP contribution in [0.15, 0.2) is 52.0 Å². The van der Waals surface area contributed by atoms with Gasteiger partial charge in [0.05, 0.1) is 19.9 Å². The van der Waals surface area contributed by atoms with E-state index in [4.69, 9.17) is 9.47 Å². The molecule has 0 aliphatic heterocycles. The van der Waals surface area contributed by atoms with Crippen molar-refractivity contribution in [2.24, 2.45) is 5.10 Å². The fourth-order valence-corrected chi connectivity index (χ4v) is 2.35. The Morgan fingerprint density at radius 1 is 1.04 bits per heavy atom. The third kappa shape index (κ3) is 4.32. The SMILES string of the molecule is COc1ccc(C(=O)N/N=C(/C)c2cccc(Br)c2)cc1OC. The van der Waals surface area contributed by atoms with Crippen molar-refractivity contribution in [1.82, 2.24) is 5.43 Å². The zero-order valence-electron chi connectivity index (χ0n) is 13.1. The molecule has 5 nitrogen and oxygen atoms in total. The number of amides is 1. The summed E-state index contributed by atoms with van der Waals surface area (Å²) < 4.78 is 11.3. The van der Waals surface area contributed by atoms with E-state index in [1.807, 2.05) is 31.2 Å². The third-order valence-electron chi connectivity index (χ3n) is 3.21. The normalized spacial score (nSPS) is 11.0. The topological polar surface area (TPSA) is 59.9 Å². The minimum absolute atomic E-state index is 0.319. The molecule has 0 bridgehead atoms. The predicted molar refractivity (Wildman–Crippen MR) is 93.4 cm³/mol. The van der Waals surface area contributed by atoms with Crippen LogP contribution in [0, 0.1) is 0 Å². The quantitative estimate of drug-likeness (QED) is 0.640. The fraction of sp³-hybridized carbons (Fsp3) is 0.176. The highest BCUT2D eigenvalue weighted by molar-refractivity contribution is 9.10. The van der Waals surface area contributed by atoms with Gasteiger partial charge in [0, 0.05) is 10.0 Å². The second kappa shape index (κ2) is 7.78. The van der Waals surface area contributed by atoms with Gasteiger partial charge in [-0.2, -0.15) is 5.10 Å². The standard InChI is InChI=1S/C17H17BrN2O3/c1-11(12-5-4-6-14(18)9-12)19-20-17(21)13-7-8-15(22-2)16(10-13)23-3/h4-10H,1-3H3,(H,20,21)/b19-11-. The molecule has 0 radical (unpaired) electrons. The Balaban J connectivity index is 2.14. The van der Waals surface area contributed by atoms with Gasteiger partial charge in [0.2, 0.25) is 0 Å². The first-order valence-corrected chi connectivity index (χ1v) is 7.67. The van der Waals surface area contributed by atoms with Crippen LogP contribution in [0.5, 0.6) is 11.5 Å². The third-order valence-corrected chi connectivity index (χ3v) is 3.71. The molecule has 0 aromatic heterocycles. The predicted octanol–water partition coefficient (Wildman–Crippen LogP) is 3.62. The van der Waals surface area contributed by atoms with Crippen LogP contribution in [0.2, 0.25) is 0 Å². The molecule has 0 fully saturated rings. The fourth-order valence-electron chi connectivity index (χ4n) is 1.95. The Labute approximate surface area is 143 Å². The molecule has 2 aromatic carbocycles. The summed E-state index contributed by atoms with van der Waals surface area (Å²) in [5, 5.41) is 4.13. The number of carbonyl (C=O) groups excluding carboxylic acids is 1. The minimum Gasteiger partial charge on any atom is -0.493 e. The number of nitrogens with one attached hydrogen (secondary N) is 1. The molecular formula is C17H17BrN2O3. The Kier molecular flexibility index (Phi) is 5.76. The van der Waals surface area contributed by atoms with Crippen LogP contribution in [0.4, 0.5) is 0 Å². The molecule has 2 aromatic rings. The van der Waals surface area contributed by atoms with E-state index in [1.165, 1.54) is 7.11 Å². The molecule has 0 spiro atoms. The first-order chi connectivity index (χ1) is 11.0. The molecule has 0 aliphatic carbocycles. The van der Waals surface area contributed by atoms with Crippen LogP contribution in [-0.4, -0.2) is 25.8 Å². The monoisotopic (exact) mass is 376 g/mol. The van der Waals surface area contributed by atoms with E-state index in [0.29, 0.717) is 22.8 Å². The van der Waals surface area contributed by atoms with Crippen LogP contribution in [-0.2, 0) is 0 Å². The second-order valence-electron chi connectivity index (χ2n) is 4.72. The van der Waals surface area contributed by atoms with E-state index in [0.717, 1.165) is 10.0 Å². The number of nitrogens with zero attached hydrogens (tertiary/aromatic N) is 1. The summed E-state index contributed by atoms with van der Waals surface area (Å²) in [6.45, 7) is 1.83. The van der Waals surface area contributed by atoms with E-state index in [2.05, 4.69) is 26.5 Å². The molecule has 0 saturated heterocycles. The summed E-state index contributed by atoms with van der Waals surface area (Å²) in [6.07, 6.45) is 0. The highest BCUT2D eigenvalue weighted by Gasteiger charge is 2.10. The summed E-state index contributed by atoms with van der Waals surface area (Å²) in [4.78, 5) is 12.2. The van der Waals surface area contributed by atoms with Crippen molar-refractivity contribution in [3.05, 3.63) is 58.1 Å². The number of methoxy groups -OCH3 is 2. The number of hydrazone groups is 1. The number of ether oxygens (including phenoxy) is 2. The maximum Gasteiger partial charge on any atom is 0.271 e. The lowest BCUT2D eigenvalue weighted by Gasteiger charge is -2.09. The van der Waals surface area contributed by atoms with Crippen molar-refractivity contribution in [3.8, 4) is 11.5 Å². The number of carbonyl (C=O) groups is 1. The van der Waals surface area contributed by atoms with Crippen molar-refractivity contribution < 1.29 is 14.3 Å². The summed E-state index contributed by atoms with van der Waals surface area (Å²) in [5.74, 6) is 0.742. The average Bonchev–Trinajstić information content (AvgIpc) is 2.58. The van der Waals surface area contributed by atoms with E-state index < -0.39 is 0 Å². The molecule has 1 amide bonds. The van der Waals surface area contributed by atoms with Crippen molar-refractivity contribution in [3.63, 3.8) is 0 Å². The van der Waals surface area contributed by atoms with Crippen LogP contribution in [0.3, 0.4) is 0 Å². The van der Waals surface area contributed by atoms with Crippen molar-refractivity contribution >= 4 is 27.5 Å². The maximum atomic E-state index is 12.2. The Bertz CT molecular complexity index is 744. The van der Waals surface area contributed by atoms with E-state index in [-0.39, 0.29) is 5.91 Å². The van der Waals surface area contributed by atoms with Crippen molar-refractivity contribution in [2.45, 2.75) is 6.92 Å². The molecule has 2 rings (SSSR count). The van der Waals surface area contributed by atoms with E-state index in [1.54, 1.807) is 25.3 Å². The number of hydrogen-bond acceptors (Lipinski definition) is 4. The molecule has 0 unspecified atom stereocenters. The Hall–Kier alpha value is -2.34. The molecule has 0 aliphatic rings. The number of rotatable bonds is 5. The highest BCUT2D eigenvalue weighted by atomic mass is 79.9. The Morgan fingerprint density at radius 3 is 2.43 bits per heavy atom. The van der Waals surface area contributed by atoms with Gasteiger partial charge in [-0.3, -0.25) is 4.79 Å². The molecule has 23 heavy (non-hydrogen) atoms. The smallest absolute Gasteiger partial charge is 0.271 e. The van der Waals surface area contributed by atoms with Crippen molar-refractivity contribution in [2.75, 3.05) is 14.2 Å².